The molecule has 6 aliphatic rings. The van der Waals surface area contributed by atoms with E-state index in [4.69, 9.17) is 0 Å². The first-order valence-electron chi connectivity index (χ1n) is 20.6. The number of carbonyl (C=O) groups excluding carboxylic acids is 5. The molecule has 2 unspecified atom stereocenters. The predicted molar refractivity (Wildman–Crippen MR) is 214 cm³/mol. The normalized spacial score (nSPS) is 27.2. The van der Waals surface area contributed by atoms with Crippen LogP contribution < -0.4 is 15.1 Å². The number of hydrogen-bond acceptors (Lipinski definition) is 9. The van der Waals surface area contributed by atoms with Crippen LogP contribution in [0.3, 0.4) is 0 Å². The van der Waals surface area contributed by atoms with Crippen molar-refractivity contribution in [3.8, 4) is 11.4 Å². The SMILES string of the molecule is CC(C(=O)N(C)c1ccc2cc(-c3n[nH]c4c3C[C@@H]3C(F)(F)[C@]3(C)C4)[nH]c2c1)N1CCN(C[C@H]2CCN(c3ccc4c(c3)C(=O)N(C3CCC(=O)NC3=O)C4=O)C2)CC1. The number of fused-ring (bicyclic) bond motifs is 4. The Hall–Kier alpha value is -5.48. The zero-order valence-electron chi connectivity index (χ0n) is 33.3. The second-order valence-corrected chi connectivity index (χ2v) is 17.6. The molecule has 308 valence electrons. The number of piperazine rings is 1. The monoisotopic (exact) mass is 807 g/mol. The van der Waals surface area contributed by atoms with Crippen molar-refractivity contribution in [3.05, 3.63) is 64.8 Å². The maximum Gasteiger partial charge on any atom is 0.262 e. The molecule has 59 heavy (non-hydrogen) atoms. The molecule has 0 spiro atoms. The molecule has 5 amide bonds. The molecule has 4 aromatic rings. The van der Waals surface area contributed by atoms with E-state index in [1.807, 2.05) is 37.3 Å². The molecular formula is C43H47F2N9O5. The quantitative estimate of drug-likeness (QED) is 0.225. The number of aromatic nitrogens is 3. The summed E-state index contributed by atoms with van der Waals surface area (Å²) in [5, 5.41) is 10.7. The number of amides is 5. The van der Waals surface area contributed by atoms with Gasteiger partial charge in [-0.05, 0) is 68.5 Å². The van der Waals surface area contributed by atoms with Gasteiger partial charge in [-0.25, -0.2) is 8.78 Å². The number of anilines is 2. The Balaban J connectivity index is 0.725. The van der Waals surface area contributed by atoms with E-state index in [-0.39, 0.29) is 35.9 Å². The maximum atomic E-state index is 14.5. The summed E-state index contributed by atoms with van der Waals surface area (Å²) in [5.74, 6) is -4.93. The average Bonchev–Trinajstić information content (AvgIpc) is 3.89. The van der Waals surface area contributed by atoms with Gasteiger partial charge in [-0.1, -0.05) is 13.0 Å². The molecule has 0 bridgehead atoms. The molecule has 2 aliphatic carbocycles. The van der Waals surface area contributed by atoms with Gasteiger partial charge in [0.05, 0.1) is 22.9 Å². The zero-order chi connectivity index (χ0) is 41.1. The topological polar surface area (TPSA) is 158 Å². The third-order valence-corrected chi connectivity index (χ3v) is 14.3. The number of nitrogens with one attached hydrogen (secondary N) is 3. The number of likely N-dealkylation sites (N-methyl/N-ethyl adjacent to an activating group) is 1. The third kappa shape index (κ3) is 6.00. The van der Waals surface area contributed by atoms with Gasteiger partial charge in [0, 0.05) is 111 Å². The van der Waals surface area contributed by atoms with Crippen LogP contribution in [0.1, 0.15) is 65.1 Å². The maximum absolute atomic E-state index is 14.5. The fraction of sp³-hybridized carbons (Fsp3) is 0.488. The highest BCUT2D eigenvalue weighted by atomic mass is 19.3. The lowest BCUT2D eigenvalue weighted by atomic mass is 9.87. The largest absolute Gasteiger partial charge is 0.371 e. The molecule has 10 rings (SSSR count). The van der Waals surface area contributed by atoms with Gasteiger partial charge in [0.1, 0.15) is 11.7 Å². The van der Waals surface area contributed by atoms with E-state index in [1.165, 1.54) is 0 Å². The Morgan fingerprint density at radius 1 is 0.983 bits per heavy atom. The molecule has 2 aromatic heterocycles. The number of rotatable bonds is 8. The molecule has 5 atom stereocenters. The summed E-state index contributed by atoms with van der Waals surface area (Å²) < 4.78 is 29.1. The van der Waals surface area contributed by atoms with Crippen molar-refractivity contribution in [2.24, 2.45) is 17.3 Å². The van der Waals surface area contributed by atoms with E-state index in [2.05, 4.69) is 35.2 Å². The molecule has 4 aliphatic heterocycles. The van der Waals surface area contributed by atoms with Gasteiger partial charge in [0.25, 0.3) is 17.7 Å². The van der Waals surface area contributed by atoms with Crippen LogP contribution in [0.2, 0.25) is 0 Å². The van der Waals surface area contributed by atoms with Crippen molar-refractivity contribution in [2.75, 3.05) is 62.7 Å². The number of nitrogens with zero attached hydrogens (tertiary/aromatic N) is 6. The number of alkyl halides is 2. The van der Waals surface area contributed by atoms with Crippen molar-refractivity contribution in [1.82, 2.24) is 35.2 Å². The average molecular weight is 808 g/mol. The first-order valence-corrected chi connectivity index (χ1v) is 20.6. The van der Waals surface area contributed by atoms with E-state index < -0.39 is 46.9 Å². The van der Waals surface area contributed by atoms with Gasteiger partial charge >= 0.3 is 0 Å². The predicted octanol–water partition coefficient (Wildman–Crippen LogP) is 3.82. The first kappa shape index (κ1) is 37.8. The molecule has 3 saturated heterocycles. The van der Waals surface area contributed by atoms with Crippen LogP contribution in [-0.2, 0) is 27.2 Å². The molecule has 1 saturated carbocycles. The fourth-order valence-electron chi connectivity index (χ4n) is 10.4. The van der Waals surface area contributed by atoms with Crippen LogP contribution in [0.15, 0.2) is 42.5 Å². The van der Waals surface area contributed by atoms with Gasteiger partial charge in [-0.2, -0.15) is 5.10 Å². The highest BCUT2D eigenvalue weighted by molar-refractivity contribution is 6.23. The van der Waals surface area contributed by atoms with Crippen molar-refractivity contribution in [1.29, 1.82) is 0 Å². The van der Waals surface area contributed by atoms with E-state index in [0.717, 1.165) is 96.4 Å². The molecule has 16 heteroatoms. The van der Waals surface area contributed by atoms with E-state index in [0.29, 0.717) is 24.5 Å². The van der Waals surface area contributed by atoms with Crippen molar-refractivity contribution < 1.29 is 32.8 Å². The summed E-state index contributed by atoms with van der Waals surface area (Å²) in [6.45, 7) is 9.39. The Labute approximate surface area is 339 Å². The molecule has 14 nitrogen and oxygen atoms in total. The first-order chi connectivity index (χ1) is 28.2. The lowest BCUT2D eigenvalue weighted by molar-refractivity contribution is -0.136. The third-order valence-electron chi connectivity index (χ3n) is 14.3. The molecule has 6 heterocycles. The van der Waals surface area contributed by atoms with E-state index in [1.54, 1.807) is 31.0 Å². The van der Waals surface area contributed by atoms with Gasteiger partial charge in [-0.3, -0.25) is 44.2 Å². The summed E-state index contributed by atoms with van der Waals surface area (Å²) in [6, 6.07) is 11.8. The summed E-state index contributed by atoms with van der Waals surface area (Å²) >= 11 is 0. The molecule has 3 N–H and O–H groups in total. The van der Waals surface area contributed by atoms with Crippen molar-refractivity contribution in [2.45, 2.75) is 64.0 Å². The van der Waals surface area contributed by atoms with Crippen molar-refractivity contribution >= 4 is 51.8 Å². The summed E-state index contributed by atoms with van der Waals surface area (Å²) in [5.41, 5.74) is 5.14. The minimum Gasteiger partial charge on any atom is -0.371 e. The second kappa shape index (κ2) is 13.5. The van der Waals surface area contributed by atoms with Crippen LogP contribution in [0, 0.1) is 17.3 Å². The summed E-state index contributed by atoms with van der Waals surface area (Å²) in [4.78, 5) is 77.5. The number of benzene rings is 2. The Bertz CT molecular complexity index is 2460. The summed E-state index contributed by atoms with van der Waals surface area (Å²) in [7, 11) is 1.80. The number of imide groups is 2. The standard InChI is InChI=1S/C43H47F2N9O5/c1-23(39(57)50(3)26-5-4-25-16-32(46-31(25)18-26)37-30-19-35-42(2,43(35,44)45)20-33(30)48-49-37)52-14-12-51(13-15-52)21-24-10-11-53(22-24)27-6-7-28-29(17-27)41(59)54(40(28)58)34-8-9-36(55)47-38(34)56/h4-7,16-18,23-24,34-35,46H,8-15,19-22H2,1-3H3,(H,48,49)(H,47,55,56)/t23?,24-,34?,35+,42-/m1/s1. The lowest BCUT2D eigenvalue weighted by Gasteiger charge is -2.39. The van der Waals surface area contributed by atoms with Gasteiger partial charge < -0.3 is 19.7 Å². The fourth-order valence-corrected chi connectivity index (χ4v) is 10.4. The molecular weight excluding hydrogens is 761 g/mol. The van der Waals surface area contributed by atoms with Crippen LogP contribution >= 0.6 is 0 Å². The van der Waals surface area contributed by atoms with E-state index in [9.17, 15) is 32.8 Å². The Morgan fingerprint density at radius 3 is 2.54 bits per heavy atom. The van der Waals surface area contributed by atoms with Gasteiger partial charge in [0.15, 0.2) is 0 Å². The smallest absolute Gasteiger partial charge is 0.262 e. The highest BCUT2D eigenvalue weighted by Crippen LogP contribution is 2.70. The Kier molecular flexibility index (Phi) is 8.66. The number of carbonyl (C=O) groups is 5. The van der Waals surface area contributed by atoms with Crippen LogP contribution in [0.25, 0.3) is 22.3 Å². The lowest BCUT2D eigenvalue weighted by Crippen LogP contribution is -2.54. The number of piperidine rings is 1. The van der Waals surface area contributed by atoms with Crippen LogP contribution in [0.5, 0.6) is 0 Å². The Morgan fingerprint density at radius 2 is 1.76 bits per heavy atom. The summed E-state index contributed by atoms with van der Waals surface area (Å²) in [6.07, 6.45) is 1.78. The molecule has 4 fully saturated rings. The van der Waals surface area contributed by atoms with Crippen molar-refractivity contribution in [3.63, 3.8) is 0 Å². The zero-order valence-corrected chi connectivity index (χ0v) is 33.3. The number of H-pyrrole nitrogens is 2. The minimum atomic E-state index is -2.66. The number of aromatic amines is 2. The molecule has 0 radical (unpaired) electrons. The van der Waals surface area contributed by atoms with Crippen LogP contribution in [0.4, 0.5) is 20.2 Å². The highest BCUT2D eigenvalue weighted by Gasteiger charge is 2.78. The minimum absolute atomic E-state index is 0.000512. The van der Waals surface area contributed by atoms with Gasteiger partial charge in [0.2, 0.25) is 17.7 Å². The van der Waals surface area contributed by atoms with Crippen LogP contribution in [-0.4, -0.2) is 130 Å². The van der Waals surface area contributed by atoms with Gasteiger partial charge in [-0.15, -0.1) is 0 Å². The second-order valence-electron chi connectivity index (χ2n) is 17.6. The molecule has 2 aromatic carbocycles. The number of halogens is 2. The van der Waals surface area contributed by atoms with E-state index >= 15 is 0 Å². The number of hydrogen-bond donors (Lipinski definition) is 3.